The topological polar surface area (TPSA) is 12.0 Å². The van der Waals surface area contributed by atoms with Crippen LogP contribution in [-0.4, -0.2) is 13.1 Å². The van der Waals surface area contributed by atoms with Crippen LogP contribution in [-0.2, 0) is 0 Å². The Hall–Kier alpha value is -0.860. The molecule has 0 aromatic heterocycles. The third kappa shape index (κ3) is 3.95. The molecule has 1 aromatic carbocycles. The molecule has 0 radical (unpaired) electrons. The predicted molar refractivity (Wildman–Crippen MR) is 68.2 cm³/mol. The second-order valence-electron chi connectivity index (χ2n) is 3.60. The molecule has 1 N–H and O–H groups in total. The summed E-state index contributed by atoms with van der Waals surface area (Å²) in [5.74, 6) is -0.230. The molecular formula is C13H17ClFN. The molecular weight excluding hydrogens is 225 g/mol. The van der Waals surface area contributed by atoms with Gasteiger partial charge in [-0.3, -0.25) is 0 Å². The molecule has 0 spiro atoms. The monoisotopic (exact) mass is 241 g/mol. The molecule has 88 valence electrons. The molecule has 16 heavy (non-hydrogen) atoms. The molecule has 1 aromatic rings. The maximum absolute atomic E-state index is 13.5. The first-order valence-corrected chi connectivity index (χ1v) is 5.90. The number of hydrogen-bond acceptors (Lipinski definition) is 1. The molecule has 0 saturated heterocycles. The van der Waals surface area contributed by atoms with Gasteiger partial charge in [-0.2, -0.15) is 0 Å². The summed E-state index contributed by atoms with van der Waals surface area (Å²) in [5.41, 5.74) is 1.73. The van der Waals surface area contributed by atoms with Gasteiger partial charge >= 0.3 is 0 Å². The Kier molecular flexibility index (Phi) is 5.50. The molecule has 0 aliphatic rings. The van der Waals surface area contributed by atoms with Gasteiger partial charge in [0.15, 0.2) is 0 Å². The molecule has 0 atom stereocenters. The second kappa shape index (κ2) is 6.66. The zero-order valence-electron chi connectivity index (χ0n) is 9.69. The molecule has 0 aliphatic heterocycles. The van der Waals surface area contributed by atoms with Crippen molar-refractivity contribution < 1.29 is 4.39 Å². The van der Waals surface area contributed by atoms with E-state index in [1.807, 2.05) is 13.0 Å². The largest absolute Gasteiger partial charge is 0.313 e. The van der Waals surface area contributed by atoms with Crippen molar-refractivity contribution in [1.82, 2.24) is 5.32 Å². The Morgan fingerprint density at radius 2 is 2.19 bits per heavy atom. The van der Waals surface area contributed by atoms with Crippen LogP contribution < -0.4 is 5.32 Å². The quantitative estimate of drug-likeness (QED) is 0.825. The maximum Gasteiger partial charge on any atom is 0.130 e. The third-order valence-corrected chi connectivity index (χ3v) is 2.61. The Bertz CT molecular complexity index is 374. The average molecular weight is 242 g/mol. The molecule has 1 rings (SSSR count). The highest BCUT2D eigenvalue weighted by Crippen LogP contribution is 2.18. The van der Waals surface area contributed by atoms with Gasteiger partial charge in [-0.25, -0.2) is 4.39 Å². The number of halogens is 2. The highest BCUT2D eigenvalue weighted by Gasteiger charge is 2.01. The normalized spacial score (nSPS) is 11.9. The van der Waals surface area contributed by atoms with Crippen LogP contribution >= 0.6 is 11.6 Å². The number of likely N-dealkylation sites (N-methyl/N-ethyl adjacent to an activating group) is 1. The van der Waals surface area contributed by atoms with Gasteiger partial charge in [0.2, 0.25) is 0 Å². The Labute approximate surface area is 101 Å². The van der Waals surface area contributed by atoms with E-state index in [9.17, 15) is 4.39 Å². The lowest BCUT2D eigenvalue weighted by atomic mass is 10.1. The smallest absolute Gasteiger partial charge is 0.130 e. The van der Waals surface area contributed by atoms with Gasteiger partial charge in [0.1, 0.15) is 5.82 Å². The van der Waals surface area contributed by atoms with E-state index >= 15 is 0 Å². The van der Waals surface area contributed by atoms with Crippen LogP contribution in [0, 0.1) is 5.82 Å². The minimum absolute atomic E-state index is 0.230. The minimum atomic E-state index is -0.230. The molecule has 1 nitrogen and oxygen atoms in total. The Morgan fingerprint density at radius 3 is 2.81 bits per heavy atom. The van der Waals surface area contributed by atoms with E-state index in [2.05, 4.69) is 12.2 Å². The lowest BCUT2D eigenvalue weighted by Crippen LogP contribution is -2.15. The highest BCUT2D eigenvalue weighted by atomic mass is 35.5. The molecule has 0 heterocycles. The van der Waals surface area contributed by atoms with Crippen LogP contribution in [0.3, 0.4) is 0 Å². The van der Waals surface area contributed by atoms with Crippen molar-refractivity contribution in [2.45, 2.75) is 20.3 Å². The number of nitrogens with one attached hydrogen (secondary N) is 1. The van der Waals surface area contributed by atoms with Crippen molar-refractivity contribution in [3.05, 3.63) is 40.2 Å². The second-order valence-corrected chi connectivity index (χ2v) is 4.04. The summed E-state index contributed by atoms with van der Waals surface area (Å²) in [4.78, 5) is 0. The van der Waals surface area contributed by atoms with Crippen LogP contribution in [0.5, 0.6) is 0 Å². The van der Waals surface area contributed by atoms with Crippen LogP contribution in [0.25, 0.3) is 6.08 Å². The molecule has 0 unspecified atom stereocenters. The summed E-state index contributed by atoms with van der Waals surface area (Å²) in [5, 5.41) is 3.79. The van der Waals surface area contributed by atoms with Crippen molar-refractivity contribution in [2.24, 2.45) is 0 Å². The molecule has 0 saturated carbocycles. The maximum atomic E-state index is 13.5. The van der Waals surface area contributed by atoms with Crippen molar-refractivity contribution >= 4 is 17.7 Å². The summed E-state index contributed by atoms with van der Waals surface area (Å²) in [6, 6.07) is 4.61. The van der Waals surface area contributed by atoms with Crippen molar-refractivity contribution in [3.63, 3.8) is 0 Å². The average Bonchev–Trinajstić information content (AvgIpc) is 2.28. The zero-order chi connectivity index (χ0) is 12.0. The summed E-state index contributed by atoms with van der Waals surface area (Å²) < 4.78 is 13.5. The molecule has 3 heteroatoms. The van der Waals surface area contributed by atoms with Crippen LogP contribution in [0.1, 0.15) is 25.8 Å². The van der Waals surface area contributed by atoms with E-state index in [-0.39, 0.29) is 5.82 Å². The van der Waals surface area contributed by atoms with Gasteiger partial charge in [0, 0.05) is 17.1 Å². The molecule has 0 fully saturated rings. The van der Waals surface area contributed by atoms with E-state index in [1.54, 1.807) is 12.1 Å². The van der Waals surface area contributed by atoms with Gasteiger partial charge in [0.25, 0.3) is 0 Å². The van der Waals surface area contributed by atoms with Crippen molar-refractivity contribution in [1.29, 1.82) is 0 Å². The van der Waals surface area contributed by atoms with E-state index in [4.69, 9.17) is 11.6 Å². The van der Waals surface area contributed by atoms with Gasteiger partial charge in [-0.05, 0) is 31.2 Å². The van der Waals surface area contributed by atoms with Crippen LogP contribution in [0.4, 0.5) is 4.39 Å². The third-order valence-electron chi connectivity index (χ3n) is 2.37. The minimum Gasteiger partial charge on any atom is -0.313 e. The van der Waals surface area contributed by atoms with E-state index in [0.717, 1.165) is 19.5 Å². The van der Waals surface area contributed by atoms with Crippen LogP contribution in [0.15, 0.2) is 23.8 Å². The SMILES string of the molecule is CCNC/C(=C/c1cc(Cl)ccc1F)CC. The number of rotatable bonds is 5. The summed E-state index contributed by atoms with van der Waals surface area (Å²) in [6.45, 7) is 5.81. The van der Waals surface area contributed by atoms with E-state index in [1.165, 1.54) is 11.6 Å². The zero-order valence-corrected chi connectivity index (χ0v) is 10.4. The van der Waals surface area contributed by atoms with Gasteiger partial charge in [-0.15, -0.1) is 0 Å². The fraction of sp³-hybridized carbons (Fsp3) is 0.385. The fourth-order valence-corrected chi connectivity index (χ4v) is 1.59. The van der Waals surface area contributed by atoms with E-state index in [0.29, 0.717) is 10.6 Å². The van der Waals surface area contributed by atoms with Gasteiger partial charge < -0.3 is 5.32 Å². The molecule has 0 amide bonds. The standard InChI is InChI=1S/C13H17ClFN/c1-3-10(9-16-4-2)7-11-8-12(14)5-6-13(11)15/h5-8,16H,3-4,9H2,1-2H3/b10-7+. The van der Waals surface area contributed by atoms with Crippen molar-refractivity contribution in [3.8, 4) is 0 Å². The number of hydrogen-bond donors (Lipinski definition) is 1. The summed E-state index contributed by atoms with van der Waals surface area (Å²) >= 11 is 5.84. The molecule has 0 bridgehead atoms. The Balaban J connectivity index is 2.89. The van der Waals surface area contributed by atoms with Crippen molar-refractivity contribution in [2.75, 3.05) is 13.1 Å². The van der Waals surface area contributed by atoms with Gasteiger partial charge in [-0.1, -0.05) is 37.1 Å². The van der Waals surface area contributed by atoms with E-state index < -0.39 is 0 Å². The van der Waals surface area contributed by atoms with Crippen LogP contribution in [0.2, 0.25) is 5.02 Å². The lowest BCUT2D eigenvalue weighted by Gasteiger charge is -2.06. The Morgan fingerprint density at radius 1 is 1.44 bits per heavy atom. The molecule has 0 aliphatic carbocycles. The first-order valence-electron chi connectivity index (χ1n) is 5.52. The summed E-state index contributed by atoms with van der Waals surface area (Å²) in [7, 11) is 0. The first kappa shape index (κ1) is 13.2. The number of benzene rings is 1. The predicted octanol–water partition coefficient (Wildman–Crippen LogP) is 3.88. The fourth-order valence-electron chi connectivity index (χ4n) is 1.41. The first-order chi connectivity index (χ1) is 7.67. The van der Waals surface area contributed by atoms with Gasteiger partial charge in [0.05, 0.1) is 0 Å². The lowest BCUT2D eigenvalue weighted by molar-refractivity contribution is 0.624. The summed E-state index contributed by atoms with van der Waals surface area (Å²) in [6.07, 6.45) is 2.77. The highest BCUT2D eigenvalue weighted by molar-refractivity contribution is 6.30.